The third-order valence-corrected chi connectivity index (χ3v) is 4.79. The van der Waals surface area contributed by atoms with Crippen LogP contribution in [0.25, 0.3) is 0 Å². The quantitative estimate of drug-likeness (QED) is 0.780. The molecule has 0 aromatic heterocycles. The fourth-order valence-corrected chi connectivity index (χ4v) is 3.75. The van der Waals surface area contributed by atoms with Crippen LogP contribution in [-0.4, -0.2) is 39.1 Å². The van der Waals surface area contributed by atoms with Crippen molar-refractivity contribution >= 4 is 23.6 Å². The van der Waals surface area contributed by atoms with Crippen LogP contribution >= 0.6 is 11.8 Å². The molecular formula is C12H17NO3S. The number of carboxylic acids is 1. The number of hydrogen-bond acceptors (Lipinski definition) is 3. The number of hydrogen-bond donors (Lipinski definition) is 1. The molecule has 17 heavy (non-hydrogen) atoms. The molecule has 0 aromatic rings. The van der Waals surface area contributed by atoms with Gasteiger partial charge in [-0.3, -0.25) is 4.79 Å². The molecule has 1 aliphatic carbocycles. The van der Waals surface area contributed by atoms with E-state index in [1.807, 2.05) is 19.1 Å². The minimum Gasteiger partial charge on any atom is -0.480 e. The van der Waals surface area contributed by atoms with Crippen molar-refractivity contribution in [3.63, 3.8) is 0 Å². The van der Waals surface area contributed by atoms with Gasteiger partial charge < -0.3 is 10.0 Å². The van der Waals surface area contributed by atoms with Crippen LogP contribution in [0.1, 0.15) is 26.2 Å². The van der Waals surface area contributed by atoms with Crippen molar-refractivity contribution in [1.29, 1.82) is 0 Å². The van der Waals surface area contributed by atoms with Crippen molar-refractivity contribution in [2.75, 3.05) is 5.75 Å². The molecule has 4 nitrogen and oxygen atoms in total. The molecule has 1 aliphatic heterocycles. The zero-order valence-corrected chi connectivity index (χ0v) is 10.7. The second kappa shape index (κ2) is 5.12. The fourth-order valence-electron chi connectivity index (χ4n) is 2.39. The molecule has 0 spiro atoms. The average molecular weight is 255 g/mol. The molecule has 1 saturated heterocycles. The molecule has 1 heterocycles. The summed E-state index contributed by atoms with van der Waals surface area (Å²) in [7, 11) is 0. The van der Waals surface area contributed by atoms with Crippen LogP contribution in [0.15, 0.2) is 12.2 Å². The van der Waals surface area contributed by atoms with Gasteiger partial charge in [0, 0.05) is 11.7 Å². The van der Waals surface area contributed by atoms with Crippen LogP contribution in [0.2, 0.25) is 0 Å². The van der Waals surface area contributed by atoms with Gasteiger partial charge in [-0.1, -0.05) is 19.1 Å². The highest BCUT2D eigenvalue weighted by Crippen LogP contribution is 2.34. The van der Waals surface area contributed by atoms with E-state index >= 15 is 0 Å². The Bertz CT molecular complexity index is 348. The number of thioether (sulfide) groups is 1. The maximum absolute atomic E-state index is 12.3. The van der Waals surface area contributed by atoms with E-state index in [4.69, 9.17) is 5.11 Å². The highest BCUT2D eigenvalue weighted by molar-refractivity contribution is 8.00. The second-order valence-electron chi connectivity index (χ2n) is 4.44. The molecule has 2 unspecified atom stereocenters. The summed E-state index contributed by atoms with van der Waals surface area (Å²) >= 11 is 1.58. The van der Waals surface area contributed by atoms with E-state index in [2.05, 4.69) is 0 Å². The monoisotopic (exact) mass is 255 g/mol. The number of allylic oxidation sites excluding steroid dienone is 2. The van der Waals surface area contributed by atoms with Crippen LogP contribution in [0.5, 0.6) is 0 Å². The van der Waals surface area contributed by atoms with E-state index in [-0.39, 0.29) is 17.2 Å². The number of carbonyl (C=O) groups is 2. The molecule has 1 amide bonds. The van der Waals surface area contributed by atoms with Gasteiger partial charge in [0.05, 0.1) is 5.37 Å². The van der Waals surface area contributed by atoms with Crippen LogP contribution in [0, 0.1) is 5.92 Å². The summed E-state index contributed by atoms with van der Waals surface area (Å²) in [5.74, 6) is -0.392. The van der Waals surface area contributed by atoms with Gasteiger partial charge in [0.1, 0.15) is 6.04 Å². The number of rotatable bonds is 3. The first kappa shape index (κ1) is 12.5. The molecule has 0 bridgehead atoms. The van der Waals surface area contributed by atoms with Crippen molar-refractivity contribution < 1.29 is 14.7 Å². The van der Waals surface area contributed by atoms with Gasteiger partial charge in [0.2, 0.25) is 5.91 Å². The summed E-state index contributed by atoms with van der Waals surface area (Å²) in [6.07, 6.45) is 6.32. The summed E-state index contributed by atoms with van der Waals surface area (Å²) < 4.78 is 0. The van der Waals surface area contributed by atoms with Crippen LogP contribution in [-0.2, 0) is 9.59 Å². The van der Waals surface area contributed by atoms with Crippen molar-refractivity contribution in [3.8, 4) is 0 Å². The lowest BCUT2D eigenvalue weighted by Gasteiger charge is -2.29. The Morgan fingerprint density at radius 1 is 1.41 bits per heavy atom. The van der Waals surface area contributed by atoms with Gasteiger partial charge in [-0.15, -0.1) is 11.8 Å². The molecule has 0 saturated carbocycles. The zero-order valence-electron chi connectivity index (χ0n) is 9.83. The van der Waals surface area contributed by atoms with Crippen molar-refractivity contribution in [2.24, 2.45) is 5.92 Å². The number of carboxylic acid groups (broad SMARTS) is 1. The second-order valence-corrected chi connectivity index (χ2v) is 5.65. The predicted molar refractivity (Wildman–Crippen MR) is 66.7 cm³/mol. The van der Waals surface area contributed by atoms with Crippen LogP contribution in [0.3, 0.4) is 0 Å². The standard InChI is InChI=1S/C12H17NO3S/c1-2-10-13(9(7-17-10)12(15)16)11(14)8-5-3-4-6-8/h3-4,8-10H,2,5-7H2,1H3,(H,15,16). The Kier molecular flexibility index (Phi) is 3.76. The van der Waals surface area contributed by atoms with Gasteiger partial charge in [-0.05, 0) is 19.3 Å². The molecule has 2 aliphatic rings. The Balaban J connectivity index is 2.13. The minimum atomic E-state index is -0.882. The molecule has 0 aromatic carbocycles. The Morgan fingerprint density at radius 2 is 2.06 bits per heavy atom. The third-order valence-electron chi connectivity index (χ3n) is 3.34. The van der Waals surface area contributed by atoms with Gasteiger partial charge in [-0.25, -0.2) is 4.79 Å². The summed E-state index contributed by atoms with van der Waals surface area (Å²) in [5, 5.41) is 9.20. The molecular weight excluding hydrogens is 238 g/mol. The van der Waals surface area contributed by atoms with Crippen molar-refractivity contribution in [1.82, 2.24) is 4.90 Å². The Morgan fingerprint density at radius 3 is 2.59 bits per heavy atom. The van der Waals surface area contributed by atoms with E-state index in [1.165, 1.54) is 0 Å². The molecule has 1 N–H and O–H groups in total. The van der Waals surface area contributed by atoms with Gasteiger partial charge >= 0.3 is 5.97 Å². The average Bonchev–Trinajstić information content (AvgIpc) is 2.96. The topological polar surface area (TPSA) is 57.6 Å². The number of amides is 1. The largest absolute Gasteiger partial charge is 0.480 e. The molecule has 5 heteroatoms. The summed E-state index contributed by atoms with van der Waals surface area (Å²) in [4.78, 5) is 25.1. The van der Waals surface area contributed by atoms with Crippen molar-refractivity contribution in [3.05, 3.63) is 12.2 Å². The lowest BCUT2D eigenvalue weighted by molar-refractivity contribution is -0.150. The molecule has 0 radical (unpaired) electrons. The van der Waals surface area contributed by atoms with E-state index in [0.717, 1.165) is 19.3 Å². The zero-order chi connectivity index (χ0) is 12.4. The van der Waals surface area contributed by atoms with E-state index < -0.39 is 12.0 Å². The summed E-state index contributed by atoms with van der Waals surface area (Å²) in [6, 6.07) is -0.641. The van der Waals surface area contributed by atoms with Gasteiger partial charge in [0.15, 0.2) is 0 Å². The molecule has 2 rings (SSSR count). The van der Waals surface area contributed by atoms with Crippen LogP contribution < -0.4 is 0 Å². The normalized spacial score (nSPS) is 28.9. The summed E-state index contributed by atoms with van der Waals surface area (Å²) in [5.41, 5.74) is 0. The van der Waals surface area contributed by atoms with E-state index in [0.29, 0.717) is 5.75 Å². The number of carbonyl (C=O) groups excluding carboxylic acids is 1. The molecule has 94 valence electrons. The number of nitrogens with zero attached hydrogens (tertiary/aromatic N) is 1. The highest BCUT2D eigenvalue weighted by Gasteiger charge is 2.42. The van der Waals surface area contributed by atoms with Crippen molar-refractivity contribution in [2.45, 2.75) is 37.6 Å². The first-order chi connectivity index (χ1) is 8.15. The van der Waals surface area contributed by atoms with Gasteiger partial charge in [-0.2, -0.15) is 0 Å². The Labute approximate surface area is 105 Å². The van der Waals surface area contributed by atoms with E-state index in [1.54, 1.807) is 16.7 Å². The molecule has 2 atom stereocenters. The lowest BCUT2D eigenvalue weighted by atomic mass is 10.0. The number of aliphatic carboxylic acids is 1. The SMILES string of the molecule is CCC1SCC(C(=O)O)N1C(=O)C1CC=CC1. The minimum absolute atomic E-state index is 0.0132. The Hall–Kier alpha value is -0.970. The summed E-state index contributed by atoms with van der Waals surface area (Å²) in [6.45, 7) is 2.00. The third kappa shape index (κ3) is 2.34. The smallest absolute Gasteiger partial charge is 0.327 e. The molecule has 1 fully saturated rings. The maximum Gasteiger partial charge on any atom is 0.327 e. The predicted octanol–water partition coefficient (Wildman–Crippen LogP) is 1.72. The van der Waals surface area contributed by atoms with Gasteiger partial charge in [0.25, 0.3) is 0 Å². The maximum atomic E-state index is 12.3. The van der Waals surface area contributed by atoms with E-state index in [9.17, 15) is 9.59 Å². The lowest BCUT2D eigenvalue weighted by Crippen LogP contribution is -2.47. The first-order valence-corrected chi connectivity index (χ1v) is 7.01. The highest BCUT2D eigenvalue weighted by atomic mass is 32.2. The van der Waals surface area contributed by atoms with Crippen LogP contribution in [0.4, 0.5) is 0 Å². The first-order valence-electron chi connectivity index (χ1n) is 5.96. The fraction of sp³-hybridized carbons (Fsp3) is 0.667.